The van der Waals surface area contributed by atoms with E-state index in [4.69, 9.17) is 0 Å². The highest BCUT2D eigenvalue weighted by atomic mass is 15.1. The van der Waals surface area contributed by atoms with Crippen molar-refractivity contribution in [2.45, 2.75) is 27.3 Å². The number of allylic oxidation sites excluding steroid dienone is 1. The second kappa shape index (κ2) is 9.80. The topological polar surface area (TPSA) is 3.24 Å². The quantitative estimate of drug-likeness (QED) is 0.466. The summed E-state index contributed by atoms with van der Waals surface area (Å²) in [5.74, 6) is 6.34. The van der Waals surface area contributed by atoms with Crippen LogP contribution in [0.15, 0.2) is 66.7 Å². The summed E-state index contributed by atoms with van der Waals surface area (Å²) in [4.78, 5) is 2.29. The smallest absolute Gasteiger partial charge is 0.0234 e. The number of rotatable bonds is 6. The molecule has 0 saturated carbocycles. The molecule has 0 atom stereocenters. The minimum absolute atomic E-state index is 0.0595. The number of hydrogen-bond acceptors (Lipinski definition) is 1. The second-order valence-corrected chi connectivity index (χ2v) is 7.61. The molecule has 1 nitrogen and oxygen atoms in total. The molecule has 0 N–H and O–H groups in total. The summed E-state index contributed by atoms with van der Waals surface area (Å²) in [6, 6.07) is 19.1. The highest BCUT2D eigenvalue weighted by Crippen LogP contribution is 2.12. The Kier molecular flexibility index (Phi) is 7.45. The third-order valence-corrected chi connectivity index (χ3v) is 3.74. The molecule has 0 saturated heterocycles. The van der Waals surface area contributed by atoms with Crippen LogP contribution in [0.1, 0.15) is 37.5 Å². The molecule has 0 spiro atoms. The Morgan fingerprint density at radius 1 is 0.923 bits per heavy atom. The molecule has 0 aliphatic carbocycles. The van der Waals surface area contributed by atoms with Gasteiger partial charge >= 0.3 is 0 Å². The predicted molar refractivity (Wildman–Crippen MR) is 115 cm³/mol. The van der Waals surface area contributed by atoms with E-state index in [-0.39, 0.29) is 5.41 Å². The SMILES string of the molecule is CN(C/C=C/C#CC(C)(C)C)Cc1cccc(/C=C/c2ccccc2)c1. The van der Waals surface area contributed by atoms with Crippen molar-refractivity contribution in [1.82, 2.24) is 4.90 Å². The van der Waals surface area contributed by atoms with Crippen LogP contribution < -0.4 is 0 Å². The highest BCUT2D eigenvalue weighted by molar-refractivity contribution is 5.69. The summed E-state index contributed by atoms with van der Waals surface area (Å²) >= 11 is 0. The van der Waals surface area contributed by atoms with Gasteiger partial charge in [-0.1, -0.05) is 84.7 Å². The summed E-state index contributed by atoms with van der Waals surface area (Å²) in [5, 5.41) is 0. The van der Waals surface area contributed by atoms with Gasteiger partial charge in [-0.3, -0.25) is 4.90 Å². The first-order chi connectivity index (χ1) is 12.4. The van der Waals surface area contributed by atoms with Gasteiger partial charge < -0.3 is 0 Å². The van der Waals surface area contributed by atoms with Crippen molar-refractivity contribution in [1.29, 1.82) is 0 Å². The van der Waals surface area contributed by atoms with Gasteiger partial charge in [0.05, 0.1) is 0 Å². The maximum absolute atomic E-state index is 3.22. The predicted octanol–water partition coefficient (Wildman–Crippen LogP) is 5.89. The van der Waals surface area contributed by atoms with E-state index in [1.807, 2.05) is 12.1 Å². The number of benzene rings is 2. The zero-order valence-corrected chi connectivity index (χ0v) is 16.4. The molecule has 0 amide bonds. The molecule has 1 heteroatoms. The Labute approximate surface area is 159 Å². The zero-order chi connectivity index (χ0) is 18.8. The van der Waals surface area contributed by atoms with Gasteiger partial charge in [0.1, 0.15) is 0 Å². The van der Waals surface area contributed by atoms with Crippen LogP contribution in [0.25, 0.3) is 12.2 Å². The van der Waals surface area contributed by atoms with Crippen LogP contribution in [0.2, 0.25) is 0 Å². The van der Waals surface area contributed by atoms with Crippen molar-refractivity contribution >= 4 is 12.2 Å². The van der Waals surface area contributed by atoms with Crippen LogP contribution in [-0.2, 0) is 6.54 Å². The van der Waals surface area contributed by atoms with Crippen molar-refractivity contribution < 1.29 is 0 Å². The fourth-order valence-electron chi connectivity index (χ4n) is 2.48. The largest absolute Gasteiger partial charge is 0.298 e. The van der Waals surface area contributed by atoms with Gasteiger partial charge in [-0.15, -0.1) is 0 Å². The van der Waals surface area contributed by atoms with E-state index in [9.17, 15) is 0 Å². The summed E-state index contributed by atoms with van der Waals surface area (Å²) in [5.41, 5.74) is 3.82. The summed E-state index contributed by atoms with van der Waals surface area (Å²) < 4.78 is 0. The monoisotopic (exact) mass is 343 g/mol. The Bertz CT molecular complexity index is 795. The second-order valence-electron chi connectivity index (χ2n) is 7.61. The molecular formula is C25H29N. The van der Waals surface area contributed by atoms with Crippen molar-refractivity contribution in [3.63, 3.8) is 0 Å². The van der Waals surface area contributed by atoms with Gasteiger partial charge in [0, 0.05) is 18.5 Å². The molecule has 0 heterocycles. The van der Waals surface area contributed by atoms with Crippen LogP contribution in [0.3, 0.4) is 0 Å². The molecule has 0 radical (unpaired) electrons. The van der Waals surface area contributed by atoms with E-state index in [2.05, 4.69) is 111 Å². The molecule has 26 heavy (non-hydrogen) atoms. The molecule has 0 fully saturated rings. The fourth-order valence-corrected chi connectivity index (χ4v) is 2.48. The Morgan fingerprint density at radius 3 is 2.35 bits per heavy atom. The molecule has 0 aliphatic rings. The van der Waals surface area contributed by atoms with Crippen LogP contribution in [-0.4, -0.2) is 18.5 Å². The van der Waals surface area contributed by atoms with E-state index in [0.717, 1.165) is 13.1 Å². The Balaban J connectivity index is 1.90. The molecule has 0 unspecified atom stereocenters. The summed E-state index contributed by atoms with van der Waals surface area (Å²) in [6.45, 7) is 8.19. The van der Waals surface area contributed by atoms with Crippen molar-refractivity contribution in [2.24, 2.45) is 5.41 Å². The summed E-state index contributed by atoms with van der Waals surface area (Å²) in [7, 11) is 2.13. The van der Waals surface area contributed by atoms with Gasteiger partial charge in [0.15, 0.2) is 0 Å². The number of likely N-dealkylation sites (N-methyl/N-ethyl adjacent to an activating group) is 1. The minimum Gasteiger partial charge on any atom is -0.298 e. The van der Waals surface area contributed by atoms with Gasteiger partial charge in [0.2, 0.25) is 0 Å². The minimum atomic E-state index is 0.0595. The normalized spacial score (nSPS) is 11.9. The van der Waals surface area contributed by atoms with Crippen molar-refractivity contribution in [3.8, 4) is 11.8 Å². The van der Waals surface area contributed by atoms with Gasteiger partial charge in [-0.05, 0) is 50.6 Å². The third-order valence-electron chi connectivity index (χ3n) is 3.74. The molecule has 0 bridgehead atoms. The van der Waals surface area contributed by atoms with Gasteiger partial charge in [-0.25, -0.2) is 0 Å². The molecule has 2 aromatic carbocycles. The first-order valence-corrected chi connectivity index (χ1v) is 9.11. The molecule has 0 aromatic heterocycles. The fraction of sp³-hybridized carbons (Fsp3) is 0.280. The van der Waals surface area contributed by atoms with Gasteiger partial charge in [-0.2, -0.15) is 0 Å². The van der Waals surface area contributed by atoms with E-state index < -0.39 is 0 Å². The lowest BCUT2D eigenvalue weighted by atomic mass is 9.98. The molecule has 2 rings (SSSR count). The zero-order valence-electron chi connectivity index (χ0n) is 16.4. The first kappa shape index (κ1) is 19.8. The third kappa shape index (κ3) is 8.01. The highest BCUT2D eigenvalue weighted by Gasteiger charge is 2.02. The van der Waals surface area contributed by atoms with E-state index in [1.165, 1.54) is 16.7 Å². The summed E-state index contributed by atoms with van der Waals surface area (Å²) in [6.07, 6.45) is 8.40. The van der Waals surface area contributed by atoms with Crippen LogP contribution in [0.5, 0.6) is 0 Å². The van der Waals surface area contributed by atoms with E-state index >= 15 is 0 Å². The van der Waals surface area contributed by atoms with Crippen molar-refractivity contribution in [2.75, 3.05) is 13.6 Å². The van der Waals surface area contributed by atoms with E-state index in [1.54, 1.807) is 0 Å². The van der Waals surface area contributed by atoms with Crippen LogP contribution in [0, 0.1) is 17.3 Å². The first-order valence-electron chi connectivity index (χ1n) is 9.11. The molecule has 0 aliphatic heterocycles. The lowest BCUT2D eigenvalue weighted by Gasteiger charge is -2.14. The standard InChI is InChI=1S/C25H29N/c1-25(2,3)18-9-6-10-19-26(4)21-24-15-11-14-23(20-24)17-16-22-12-7-5-8-13-22/h5-8,10-17,20H,19,21H2,1-4H3/b10-6+,17-16+. The molecule has 134 valence electrons. The average molecular weight is 344 g/mol. The lowest BCUT2D eigenvalue weighted by Crippen LogP contribution is -2.17. The average Bonchev–Trinajstić information content (AvgIpc) is 2.60. The van der Waals surface area contributed by atoms with Gasteiger partial charge in [0.25, 0.3) is 0 Å². The molecular weight excluding hydrogens is 314 g/mol. The Hall–Kier alpha value is -2.56. The molecule has 2 aromatic rings. The number of hydrogen-bond donors (Lipinski definition) is 0. The Morgan fingerprint density at radius 2 is 1.62 bits per heavy atom. The van der Waals surface area contributed by atoms with Crippen LogP contribution >= 0.6 is 0 Å². The van der Waals surface area contributed by atoms with E-state index in [0.29, 0.717) is 0 Å². The number of nitrogens with zero attached hydrogens (tertiary/aromatic N) is 1. The maximum atomic E-state index is 3.22. The van der Waals surface area contributed by atoms with Crippen molar-refractivity contribution in [3.05, 3.63) is 83.4 Å². The van der Waals surface area contributed by atoms with Crippen LogP contribution in [0.4, 0.5) is 0 Å². The maximum Gasteiger partial charge on any atom is 0.0234 e. The lowest BCUT2D eigenvalue weighted by molar-refractivity contribution is 0.363.